The van der Waals surface area contributed by atoms with Crippen molar-refractivity contribution in [2.24, 2.45) is 0 Å². The average Bonchev–Trinajstić information content (AvgIpc) is 2.88. The van der Waals surface area contributed by atoms with Gasteiger partial charge >= 0.3 is 0 Å². The maximum atomic E-state index is 12.6. The molecule has 2 amide bonds. The van der Waals surface area contributed by atoms with Gasteiger partial charge in [0.05, 0.1) is 12.2 Å². The number of carbonyl (C=O) groups excluding carboxylic acids is 2. The minimum atomic E-state index is -0.0810. The number of hydrogen-bond donors (Lipinski definition) is 1. The molecule has 1 unspecified atom stereocenters. The first-order chi connectivity index (χ1) is 13.0. The van der Waals surface area contributed by atoms with Gasteiger partial charge in [-0.1, -0.05) is 11.2 Å². The van der Waals surface area contributed by atoms with E-state index in [2.05, 4.69) is 10.5 Å². The summed E-state index contributed by atoms with van der Waals surface area (Å²) >= 11 is 1.61. The highest BCUT2D eigenvalue weighted by Gasteiger charge is 2.25. The molecule has 2 heterocycles. The van der Waals surface area contributed by atoms with Crippen molar-refractivity contribution in [3.8, 4) is 0 Å². The fourth-order valence-electron chi connectivity index (χ4n) is 3.30. The van der Waals surface area contributed by atoms with Gasteiger partial charge in [-0.25, -0.2) is 0 Å². The van der Waals surface area contributed by atoms with E-state index in [-0.39, 0.29) is 17.9 Å². The quantitative estimate of drug-likeness (QED) is 0.797. The Morgan fingerprint density at radius 1 is 1.37 bits per heavy atom. The standard InChI is InChI=1S/C20H25N3O3S/c1-13-18(14(2)26-22-13)12-23-10-9-16(7-8-19(23)24)21-20(25)15-5-4-6-17(11-15)27-3/h4-6,11,16H,7-10,12H2,1-3H3,(H,21,25). The molecule has 1 fully saturated rings. The molecule has 0 radical (unpaired) electrons. The lowest BCUT2D eigenvalue weighted by molar-refractivity contribution is -0.131. The number of thioether (sulfide) groups is 1. The predicted molar refractivity (Wildman–Crippen MR) is 105 cm³/mol. The molecule has 3 rings (SSSR count). The summed E-state index contributed by atoms with van der Waals surface area (Å²) in [6.45, 7) is 4.87. The molecule has 0 aliphatic carbocycles. The molecule has 1 aliphatic rings. The zero-order valence-corrected chi connectivity index (χ0v) is 16.8. The van der Waals surface area contributed by atoms with Gasteiger partial charge in [-0.15, -0.1) is 11.8 Å². The summed E-state index contributed by atoms with van der Waals surface area (Å²) in [6.07, 6.45) is 3.81. The summed E-state index contributed by atoms with van der Waals surface area (Å²) in [5, 5.41) is 7.05. The SMILES string of the molecule is CSc1cccc(C(=O)NC2CCC(=O)N(Cc3c(C)noc3C)CC2)c1. The van der Waals surface area contributed by atoms with Gasteiger partial charge in [0.25, 0.3) is 5.91 Å². The fourth-order valence-corrected chi connectivity index (χ4v) is 3.76. The molecule has 1 aliphatic heterocycles. The second-order valence-electron chi connectivity index (χ2n) is 6.85. The van der Waals surface area contributed by atoms with Crippen LogP contribution in [0.25, 0.3) is 0 Å². The van der Waals surface area contributed by atoms with E-state index in [4.69, 9.17) is 4.52 Å². The van der Waals surface area contributed by atoms with Gasteiger partial charge in [0.15, 0.2) is 0 Å². The second kappa shape index (κ2) is 8.61. The van der Waals surface area contributed by atoms with Crippen LogP contribution in [-0.2, 0) is 11.3 Å². The van der Waals surface area contributed by atoms with Crippen LogP contribution in [0.15, 0.2) is 33.7 Å². The van der Waals surface area contributed by atoms with Crippen molar-refractivity contribution in [2.45, 2.75) is 50.6 Å². The van der Waals surface area contributed by atoms with Crippen molar-refractivity contribution in [1.29, 1.82) is 0 Å². The number of aromatic nitrogens is 1. The number of hydrogen-bond acceptors (Lipinski definition) is 5. The fraction of sp³-hybridized carbons (Fsp3) is 0.450. The van der Waals surface area contributed by atoms with Crippen LogP contribution in [0.3, 0.4) is 0 Å². The first kappa shape index (κ1) is 19.5. The highest BCUT2D eigenvalue weighted by Crippen LogP contribution is 2.20. The third kappa shape index (κ3) is 4.71. The molecule has 1 aromatic carbocycles. The number of nitrogens with zero attached hydrogens (tertiary/aromatic N) is 2. The molecule has 1 aromatic heterocycles. The van der Waals surface area contributed by atoms with Gasteiger partial charge in [-0.3, -0.25) is 9.59 Å². The lowest BCUT2D eigenvalue weighted by Gasteiger charge is -2.21. The minimum Gasteiger partial charge on any atom is -0.361 e. The predicted octanol–water partition coefficient (Wildman–Crippen LogP) is 3.32. The summed E-state index contributed by atoms with van der Waals surface area (Å²) in [7, 11) is 0. The minimum absolute atomic E-state index is 0.00551. The van der Waals surface area contributed by atoms with Crippen LogP contribution in [0.1, 0.15) is 46.6 Å². The molecule has 2 aromatic rings. The third-order valence-electron chi connectivity index (χ3n) is 5.00. The molecule has 1 N–H and O–H groups in total. The zero-order valence-electron chi connectivity index (χ0n) is 15.9. The van der Waals surface area contributed by atoms with E-state index in [1.807, 2.05) is 49.3 Å². The van der Waals surface area contributed by atoms with Crippen LogP contribution in [0.5, 0.6) is 0 Å². The number of amides is 2. The van der Waals surface area contributed by atoms with E-state index < -0.39 is 0 Å². The van der Waals surface area contributed by atoms with Crippen molar-refractivity contribution in [3.63, 3.8) is 0 Å². The summed E-state index contributed by atoms with van der Waals surface area (Å²) < 4.78 is 5.20. The maximum absolute atomic E-state index is 12.6. The van der Waals surface area contributed by atoms with Gasteiger partial charge in [0.2, 0.25) is 5.91 Å². The average molecular weight is 388 g/mol. The Labute approximate surface area is 163 Å². The Morgan fingerprint density at radius 2 is 2.19 bits per heavy atom. The van der Waals surface area contributed by atoms with E-state index >= 15 is 0 Å². The molecular formula is C20H25N3O3S. The molecule has 1 atom stereocenters. The first-order valence-corrected chi connectivity index (χ1v) is 10.3. The Hall–Kier alpha value is -2.28. The summed E-state index contributed by atoms with van der Waals surface area (Å²) in [4.78, 5) is 28.0. The first-order valence-electron chi connectivity index (χ1n) is 9.12. The van der Waals surface area contributed by atoms with Crippen LogP contribution in [0.4, 0.5) is 0 Å². The summed E-state index contributed by atoms with van der Waals surface area (Å²) in [5.41, 5.74) is 2.45. The Bertz CT molecular complexity index is 814. The topological polar surface area (TPSA) is 75.4 Å². The number of nitrogens with one attached hydrogen (secondary N) is 1. The molecule has 0 saturated carbocycles. The van der Waals surface area contributed by atoms with Gasteiger partial charge < -0.3 is 14.7 Å². The molecule has 27 heavy (non-hydrogen) atoms. The normalized spacial score (nSPS) is 17.7. The van der Waals surface area contributed by atoms with Crippen molar-refractivity contribution < 1.29 is 14.1 Å². The monoisotopic (exact) mass is 387 g/mol. The number of benzene rings is 1. The van der Waals surface area contributed by atoms with Gasteiger partial charge in [0.1, 0.15) is 5.76 Å². The van der Waals surface area contributed by atoms with Gasteiger partial charge in [-0.05, 0) is 51.1 Å². The zero-order chi connectivity index (χ0) is 19.4. The van der Waals surface area contributed by atoms with Crippen molar-refractivity contribution in [1.82, 2.24) is 15.4 Å². The van der Waals surface area contributed by atoms with Crippen LogP contribution in [0.2, 0.25) is 0 Å². The van der Waals surface area contributed by atoms with Gasteiger partial charge in [0, 0.05) is 35.0 Å². The largest absolute Gasteiger partial charge is 0.361 e. The molecule has 0 bridgehead atoms. The molecular weight excluding hydrogens is 362 g/mol. The van der Waals surface area contributed by atoms with Crippen LogP contribution in [-0.4, -0.2) is 40.7 Å². The van der Waals surface area contributed by atoms with Crippen LogP contribution < -0.4 is 5.32 Å². The molecule has 1 saturated heterocycles. The van der Waals surface area contributed by atoms with Crippen LogP contribution >= 0.6 is 11.8 Å². The van der Waals surface area contributed by atoms with E-state index in [9.17, 15) is 9.59 Å². The van der Waals surface area contributed by atoms with Crippen LogP contribution in [0, 0.1) is 13.8 Å². The van der Waals surface area contributed by atoms with E-state index in [1.165, 1.54) is 0 Å². The Kier molecular flexibility index (Phi) is 6.21. The number of aryl methyl sites for hydroxylation is 2. The molecule has 6 nitrogen and oxygen atoms in total. The highest BCUT2D eigenvalue weighted by atomic mass is 32.2. The number of carbonyl (C=O) groups is 2. The molecule has 0 spiro atoms. The number of rotatable bonds is 5. The lowest BCUT2D eigenvalue weighted by Crippen LogP contribution is -2.36. The maximum Gasteiger partial charge on any atom is 0.251 e. The van der Waals surface area contributed by atoms with E-state index in [1.54, 1.807) is 11.8 Å². The molecule has 7 heteroatoms. The smallest absolute Gasteiger partial charge is 0.251 e. The Morgan fingerprint density at radius 3 is 2.89 bits per heavy atom. The van der Waals surface area contributed by atoms with E-state index in [0.29, 0.717) is 31.5 Å². The second-order valence-corrected chi connectivity index (χ2v) is 7.73. The summed E-state index contributed by atoms with van der Waals surface area (Å²) in [5.74, 6) is 0.779. The number of likely N-dealkylation sites (tertiary alicyclic amines) is 1. The highest BCUT2D eigenvalue weighted by molar-refractivity contribution is 7.98. The van der Waals surface area contributed by atoms with Crippen molar-refractivity contribution in [3.05, 3.63) is 46.8 Å². The van der Waals surface area contributed by atoms with E-state index in [0.717, 1.165) is 28.3 Å². The summed E-state index contributed by atoms with van der Waals surface area (Å²) in [6, 6.07) is 7.59. The van der Waals surface area contributed by atoms with Crippen molar-refractivity contribution in [2.75, 3.05) is 12.8 Å². The van der Waals surface area contributed by atoms with Crippen molar-refractivity contribution >= 4 is 23.6 Å². The lowest BCUT2D eigenvalue weighted by atomic mass is 10.1. The molecule has 144 valence electrons. The van der Waals surface area contributed by atoms with Gasteiger partial charge in [-0.2, -0.15) is 0 Å². The third-order valence-corrected chi connectivity index (χ3v) is 5.73. The Balaban J connectivity index is 1.61.